The summed E-state index contributed by atoms with van der Waals surface area (Å²) < 4.78 is 7.41. The highest BCUT2D eigenvalue weighted by atomic mass is 16.5. The van der Waals surface area contributed by atoms with Crippen LogP contribution >= 0.6 is 0 Å². The molecule has 0 bridgehead atoms. The molecule has 8 heteroatoms. The molecule has 0 radical (unpaired) electrons. The van der Waals surface area contributed by atoms with Crippen LogP contribution in [0.25, 0.3) is 5.65 Å². The van der Waals surface area contributed by atoms with Crippen LogP contribution in [-0.4, -0.2) is 69.8 Å². The summed E-state index contributed by atoms with van der Waals surface area (Å²) in [5.74, 6) is 2.39. The third-order valence-corrected chi connectivity index (χ3v) is 5.82. The molecule has 150 valence electrons. The van der Waals surface area contributed by atoms with E-state index in [-0.39, 0.29) is 5.91 Å². The fraction of sp³-hybridized carbons (Fsp3) is 0.429. The minimum absolute atomic E-state index is 0.0322. The molecule has 2 saturated heterocycles. The Morgan fingerprint density at radius 2 is 1.83 bits per heavy atom. The number of fused-ring (bicyclic) bond motifs is 1. The van der Waals surface area contributed by atoms with E-state index in [4.69, 9.17) is 4.74 Å². The molecule has 0 atom stereocenters. The summed E-state index contributed by atoms with van der Waals surface area (Å²) in [5.41, 5.74) is 1.53. The number of piperidine rings is 1. The van der Waals surface area contributed by atoms with Crippen molar-refractivity contribution in [1.82, 2.24) is 24.5 Å². The van der Waals surface area contributed by atoms with Crippen LogP contribution in [0.5, 0.6) is 0 Å². The molecule has 5 rings (SSSR count). The molecule has 2 fully saturated rings. The van der Waals surface area contributed by atoms with Gasteiger partial charge in [0.2, 0.25) is 0 Å². The maximum atomic E-state index is 12.6. The van der Waals surface area contributed by atoms with Crippen LogP contribution < -0.4 is 4.90 Å². The first-order valence-electron chi connectivity index (χ1n) is 10.2. The molecule has 3 aromatic rings. The maximum absolute atomic E-state index is 12.6. The summed E-state index contributed by atoms with van der Waals surface area (Å²) in [5, 5.41) is 8.70. The largest absolute Gasteiger partial charge is 0.378 e. The van der Waals surface area contributed by atoms with Crippen molar-refractivity contribution in [3.63, 3.8) is 0 Å². The summed E-state index contributed by atoms with van der Waals surface area (Å²) >= 11 is 0. The third-order valence-electron chi connectivity index (χ3n) is 5.82. The molecule has 0 N–H and O–H groups in total. The van der Waals surface area contributed by atoms with Gasteiger partial charge in [-0.3, -0.25) is 9.20 Å². The average molecular weight is 392 g/mol. The summed E-state index contributed by atoms with van der Waals surface area (Å²) in [6.07, 6.45) is 5.74. The number of carbonyl (C=O) groups excluding carboxylic acids is 1. The van der Waals surface area contributed by atoms with Gasteiger partial charge < -0.3 is 14.5 Å². The predicted molar refractivity (Wildman–Crippen MR) is 108 cm³/mol. The number of morpholine rings is 1. The van der Waals surface area contributed by atoms with Crippen LogP contribution in [0.15, 0.2) is 42.7 Å². The van der Waals surface area contributed by atoms with Gasteiger partial charge in [-0.15, -0.1) is 10.2 Å². The molecule has 0 aromatic carbocycles. The zero-order chi connectivity index (χ0) is 19.6. The van der Waals surface area contributed by atoms with Gasteiger partial charge >= 0.3 is 0 Å². The van der Waals surface area contributed by atoms with Gasteiger partial charge in [0, 0.05) is 44.5 Å². The van der Waals surface area contributed by atoms with Gasteiger partial charge in [-0.2, -0.15) is 0 Å². The first-order chi connectivity index (χ1) is 14.3. The predicted octanol–water partition coefficient (Wildman–Crippen LogP) is 1.98. The van der Waals surface area contributed by atoms with Crippen molar-refractivity contribution in [1.29, 1.82) is 0 Å². The average Bonchev–Trinajstić information content (AvgIpc) is 3.24. The molecular weight excluding hydrogens is 368 g/mol. The Labute approximate surface area is 169 Å². The Balaban J connectivity index is 1.23. The molecule has 0 saturated carbocycles. The van der Waals surface area contributed by atoms with E-state index in [0.717, 1.165) is 43.2 Å². The number of amides is 1. The van der Waals surface area contributed by atoms with Crippen LogP contribution in [-0.2, 0) is 4.74 Å². The van der Waals surface area contributed by atoms with Crippen molar-refractivity contribution < 1.29 is 9.53 Å². The number of pyridine rings is 2. The SMILES string of the molecule is O=C(c1ccc(N2CCC(c3nnc4ccccn34)CC2)nc1)N1CCOCC1. The highest BCUT2D eigenvalue weighted by Gasteiger charge is 2.25. The van der Waals surface area contributed by atoms with Gasteiger partial charge in [-0.1, -0.05) is 6.07 Å². The lowest BCUT2D eigenvalue weighted by Crippen LogP contribution is -2.40. The lowest BCUT2D eigenvalue weighted by atomic mass is 9.96. The van der Waals surface area contributed by atoms with E-state index in [1.54, 1.807) is 6.20 Å². The van der Waals surface area contributed by atoms with E-state index < -0.39 is 0 Å². The Hall–Kier alpha value is -3.00. The Morgan fingerprint density at radius 3 is 2.59 bits per heavy atom. The van der Waals surface area contributed by atoms with E-state index in [1.165, 1.54) is 0 Å². The van der Waals surface area contributed by atoms with E-state index >= 15 is 0 Å². The summed E-state index contributed by atoms with van der Waals surface area (Å²) in [6, 6.07) is 9.82. The van der Waals surface area contributed by atoms with Crippen LogP contribution in [0, 0.1) is 0 Å². The van der Waals surface area contributed by atoms with Crippen molar-refractivity contribution in [2.75, 3.05) is 44.3 Å². The molecular formula is C21H24N6O2. The van der Waals surface area contributed by atoms with Crippen molar-refractivity contribution >= 4 is 17.4 Å². The van der Waals surface area contributed by atoms with E-state index in [1.807, 2.05) is 41.4 Å². The highest BCUT2D eigenvalue weighted by Crippen LogP contribution is 2.29. The van der Waals surface area contributed by atoms with Crippen molar-refractivity contribution in [3.8, 4) is 0 Å². The zero-order valence-electron chi connectivity index (χ0n) is 16.3. The number of rotatable bonds is 3. The van der Waals surface area contributed by atoms with Crippen LogP contribution in [0.4, 0.5) is 5.82 Å². The second-order valence-corrected chi connectivity index (χ2v) is 7.56. The molecule has 1 amide bonds. The molecule has 8 nitrogen and oxygen atoms in total. The second-order valence-electron chi connectivity index (χ2n) is 7.56. The quantitative estimate of drug-likeness (QED) is 0.679. The van der Waals surface area contributed by atoms with Crippen LogP contribution in [0.3, 0.4) is 0 Å². The first kappa shape index (κ1) is 18.1. The summed E-state index contributed by atoms with van der Waals surface area (Å²) in [7, 11) is 0. The lowest BCUT2D eigenvalue weighted by Gasteiger charge is -2.32. The van der Waals surface area contributed by atoms with E-state index in [0.29, 0.717) is 37.8 Å². The minimum atomic E-state index is 0.0322. The van der Waals surface area contributed by atoms with Crippen molar-refractivity contribution in [2.45, 2.75) is 18.8 Å². The zero-order valence-corrected chi connectivity index (χ0v) is 16.3. The molecule has 2 aliphatic rings. The van der Waals surface area contributed by atoms with Gasteiger partial charge in [0.1, 0.15) is 11.6 Å². The fourth-order valence-electron chi connectivity index (χ4n) is 4.15. The number of hydrogen-bond acceptors (Lipinski definition) is 6. The Bertz CT molecular complexity index is 988. The lowest BCUT2D eigenvalue weighted by molar-refractivity contribution is 0.0302. The normalized spacial score (nSPS) is 18.3. The number of aromatic nitrogens is 4. The number of hydrogen-bond donors (Lipinski definition) is 0. The van der Waals surface area contributed by atoms with Gasteiger partial charge in [0.25, 0.3) is 5.91 Å². The van der Waals surface area contributed by atoms with Gasteiger partial charge in [0.05, 0.1) is 18.8 Å². The smallest absolute Gasteiger partial charge is 0.255 e. The molecule has 2 aliphatic heterocycles. The molecule has 0 aliphatic carbocycles. The van der Waals surface area contributed by atoms with E-state index in [2.05, 4.69) is 24.5 Å². The molecule has 0 unspecified atom stereocenters. The van der Waals surface area contributed by atoms with Gasteiger partial charge in [-0.25, -0.2) is 4.98 Å². The number of carbonyl (C=O) groups is 1. The molecule has 5 heterocycles. The van der Waals surface area contributed by atoms with E-state index in [9.17, 15) is 4.79 Å². The van der Waals surface area contributed by atoms with Crippen LogP contribution in [0.2, 0.25) is 0 Å². The maximum Gasteiger partial charge on any atom is 0.255 e. The number of nitrogens with zero attached hydrogens (tertiary/aromatic N) is 6. The fourth-order valence-corrected chi connectivity index (χ4v) is 4.15. The standard InChI is InChI=1S/C21H24N6O2/c28-21(26-11-13-29-14-12-26)17-4-5-18(22-15-17)25-9-6-16(7-10-25)20-24-23-19-3-1-2-8-27(19)20/h1-5,8,15-16H,6-7,9-14H2. The minimum Gasteiger partial charge on any atom is -0.378 e. The van der Waals surface area contributed by atoms with Crippen molar-refractivity contribution in [3.05, 3.63) is 54.1 Å². The third kappa shape index (κ3) is 3.55. The Morgan fingerprint density at radius 1 is 1.00 bits per heavy atom. The van der Waals surface area contributed by atoms with Gasteiger partial charge in [0.15, 0.2) is 5.65 Å². The molecule has 3 aromatic heterocycles. The second kappa shape index (κ2) is 7.79. The first-order valence-corrected chi connectivity index (χ1v) is 10.2. The molecule has 0 spiro atoms. The van der Waals surface area contributed by atoms with Crippen molar-refractivity contribution in [2.24, 2.45) is 0 Å². The molecule has 29 heavy (non-hydrogen) atoms. The van der Waals surface area contributed by atoms with Crippen LogP contribution in [0.1, 0.15) is 34.9 Å². The number of anilines is 1. The summed E-state index contributed by atoms with van der Waals surface area (Å²) in [6.45, 7) is 4.32. The van der Waals surface area contributed by atoms with Gasteiger partial charge in [-0.05, 0) is 37.1 Å². The monoisotopic (exact) mass is 392 g/mol. The summed E-state index contributed by atoms with van der Waals surface area (Å²) in [4.78, 5) is 21.2. The Kier molecular flexibility index (Phi) is 4.85. The number of ether oxygens (including phenoxy) is 1. The topological polar surface area (TPSA) is 75.9 Å². The highest BCUT2D eigenvalue weighted by molar-refractivity contribution is 5.94.